The Morgan fingerprint density at radius 1 is 1.21 bits per heavy atom. The van der Waals surface area contributed by atoms with E-state index < -0.39 is 0 Å². The number of thiazole rings is 1. The van der Waals surface area contributed by atoms with E-state index in [1.807, 2.05) is 38.2 Å². The van der Waals surface area contributed by atoms with Gasteiger partial charge in [0.15, 0.2) is 5.96 Å². The Bertz CT molecular complexity index is 776. The van der Waals surface area contributed by atoms with E-state index in [0.717, 1.165) is 48.2 Å². The molecule has 1 heterocycles. The van der Waals surface area contributed by atoms with Gasteiger partial charge in [-0.15, -0.1) is 35.3 Å². The highest BCUT2D eigenvalue weighted by atomic mass is 127. The van der Waals surface area contributed by atoms with Gasteiger partial charge in [0.25, 0.3) is 5.91 Å². The van der Waals surface area contributed by atoms with E-state index in [1.54, 1.807) is 11.3 Å². The molecule has 0 atom stereocenters. The van der Waals surface area contributed by atoms with Crippen LogP contribution in [-0.4, -0.2) is 41.9 Å². The van der Waals surface area contributed by atoms with Crippen molar-refractivity contribution in [1.29, 1.82) is 0 Å². The van der Waals surface area contributed by atoms with Gasteiger partial charge in [-0.05, 0) is 38.0 Å². The van der Waals surface area contributed by atoms with E-state index in [-0.39, 0.29) is 29.9 Å². The highest BCUT2D eigenvalue weighted by molar-refractivity contribution is 14.0. The topological polar surface area (TPSA) is 69.6 Å². The minimum Gasteiger partial charge on any atom is -0.357 e. The predicted octanol–water partition coefficient (Wildman–Crippen LogP) is 4.20. The number of aromatic nitrogens is 1. The van der Waals surface area contributed by atoms with E-state index in [0.29, 0.717) is 18.7 Å². The molecule has 0 fully saturated rings. The van der Waals surface area contributed by atoms with E-state index >= 15 is 0 Å². The maximum Gasteiger partial charge on any atom is 0.251 e. The summed E-state index contributed by atoms with van der Waals surface area (Å²) < 4.78 is 0. The van der Waals surface area contributed by atoms with Gasteiger partial charge in [0.1, 0.15) is 0 Å². The summed E-state index contributed by atoms with van der Waals surface area (Å²) in [5.74, 6) is 0.824. The smallest absolute Gasteiger partial charge is 0.251 e. The number of guanidine groups is 1. The van der Waals surface area contributed by atoms with Crippen molar-refractivity contribution in [1.82, 2.24) is 20.5 Å². The highest BCUT2D eigenvalue weighted by Gasteiger charge is 2.09. The van der Waals surface area contributed by atoms with E-state index in [2.05, 4.69) is 39.7 Å². The van der Waals surface area contributed by atoms with Gasteiger partial charge in [-0.2, -0.15) is 0 Å². The van der Waals surface area contributed by atoms with Gasteiger partial charge in [0.05, 0.1) is 23.8 Å². The summed E-state index contributed by atoms with van der Waals surface area (Å²) in [6, 6.07) is 7.65. The molecule has 0 aliphatic carbocycles. The second kappa shape index (κ2) is 13.5. The molecule has 2 N–H and O–H groups in total. The molecule has 0 spiro atoms. The quantitative estimate of drug-likeness (QED) is 0.221. The lowest BCUT2D eigenvalue weighted by molar-refractivity contribution is 0.0953. The van der Waals surface area contributed by atoms with Crippen molar-refractivity contribution >= 4 is 47.2 Å². The van der Waals surface area contributed by atoms with Crippen LogP contribution in [-0.2, 0) is 13.1 Å². The molecular weight excluding hydrogens is 497 g/mol. The lowest BCUT2D eigenvalue weighted by Gasteiger charge is -2.21. The number of hydrogen-bond acceptors (Lipinski definition) is 4. The average molecular weight is 529 g/mol. The van der Waals surface area contributed by atoms with Crippen molar-refractivity contribution in [2.45, 2.75) is 46.7 Å². The fraction of sp³-hybridized carbons (Fsp3) is 0.476. The first-order valence-electron chi connectivity index (χ1n) is 9.81. The van der Waals surface area contributed by atoms with Crippen LogP contribution in [0.5, 0.6) is 0 Å². The zero-order chi connectivity index (χ0) is 20.4. The maximum absolute atomic E-state index is 12.1. The van der Waals surface area contributed by atoms with Crippen LogP contribution in [0.3, 0.4) is 0 Å². The molecule has 0 aliphatic heterocycles. The summed E-state index contributed by atoms with van der Waals surface area (Å²) in [4.78, 5) is 23.4. The largest absolute Gasteiger partial charge is 0.357 e. The Morgan fingerprint density at radius 3 is 2.52 bits per heavy atom. The van der Waals surface area contributed by atoms with Gasteiger partial charge < -0.3 is 15.5 Å². The van der Waals surface area contributed by atoms with E-state index in [4.69, 9.17) is 4.99 Å². The molecular formula is C21H32IN5OS. The Hall–Kier alpha value is -1.68. The number of aliphatic imine (C=N–C) groups is 1. The van der Waals surface area contributed by atoms with Gasteiger partial charge >= 0.3 is 0 Å². The first-order chi connectivity index (χ1) is 13.5. The Kier molecular flexibility index (Phi) is 11.8. The van der Waals surface area contributed by atoms with Crippen LogP contribution in [0.25, 0.3) is 0 Å². The van der Waals surface area contributed by atoms with Gasteiger partial charge in [-0.3, -0.25) is 4.79 Å². The molecule has 0 radical (unpaired) electrons. The van der Waals surface area contributed by atoms with Crippen molar-refractivity contribution in [2.24, 2.45) is 4.99 Å². The Labute approximate surface area is 195 Å². The van der Waals surface area contributed by atoms with Crippen molar-refractivity contribution in [3.63, 3.8) is 0 Å². The van der Waals surface area contributed by atoms with Crippen LogP contribution in [0.2, 0.25) is 0 Å². The maximum atomic E-state index is 12.1. The number of nitrogens with one attached hydrogen (secondary N) is 2. The highest BCUT2D eigenvalue weighted by Crippen LogP contribution is 2.10. The van der Waals surface area contributed by atoms with E-state index in [9.17, 15) is 4.79 Å². The molecule has 2 rings (SSSR count). The number of carbonyl (C=O) groups is 1. The minimum absolute atomic E-state index is 0. The van der Waals surface area contributed by atoms with Crippen LogP contribution in [0.15, 0.2) is 34.6 Å². The summed E-state index contributed by atoms with van der Waals surface area (Å²) in [5.41, 5.74) is 2.80. The summed E-state index contributed by atoms with van der Waals surface area (Å²) in [5, 5.41) is 9.42. The number of halogens is 1. The molecule has 0 saturated carbocycles. The zero-order valence-electron chi connectivity index (χ0n) is 17.7. The first kappa shape index (κ1) is 25.4. The summed E-state index contributed by atoms with van der Waals surface area (Å²) in [7, 11) is 2.01. The third-order valence-electron chi connectivity index (χ3n) is 4.21. The lowest BCUT2D eigenvalue weighted by Crippen LogP contribution is -2.38. The fourth-order valence-electron chi connectivity index (χ4n) is 2.68. The third kappa shape index (κ3) is 8.69. The summed E-state index contributed by atoms with van der Waals surface area (Å²) in [6.45, 7) is 8.98. The number of hydrogen-bond donors (Lipinski definition) is 2. The average Bonchev–Trinajstić information content (AvgIpc) is 3.10. The fourth-order valence-corrected chi connectivity index (χ4v) is 3.28. The molecule has 1 aromatic heterocycles. The molecule has 29 heavy (non-hydrogen) atoms. The Morgan fingerprint density at radius 2 is 1.93 bits per heavy atom. The minimum atomic E-state index is -0.0184. The molecule has 0 bridgehead atoms. The number of rotatable bonds is 9. The molecule has 6 nitrogen and oxygen atoms in total. The number of unbranched alkanes of at least 4 members (excludes halogenated alkanes) is 1. The number of aryl methyl sites for hydroxylation is 1. The standard InChI is InChI=1S/C21H31N5OS.HI/c1-5-7-12-23-20(27)18-10-8-17(9-11-18)13-24-21(22-6-2)26(4)14-19-15-28-16(3)25-19;/h8-11,15H,5-7,12-14H2,1-4H3,(H,22,24)(H,23,27);1H. The molecule has 0 saturated heterocycles. The van der Waals surface area contributed by atoms with Crippen LogP contribution < -0.4 is 10.6 Å². The van der Waals surface area contributed by atoms with E-state index in [1.165, 1.54) is 0 Å². The summed E-state index contributed by atoms with van der Waals surface area (Å²) in [6.07, 6.45) is 2.07. The van der Waals surface area contributed by atoms with Gasteiger partial charge in [0, 0.05) is 31.1 Å². The SMILES string of the molecule is CCCCNC(=O)c1ccc(CN=C(NCC)N(C)Cc2csc(C)n2)cc1.I. The van der Waals surface area contributed by atoms with Crippen LogP contribution in [0.4, 0.5) is 0 Å². The monoisotopic (exact) mass is 529 g/mol. The van der Waals surface area contributed by atoms with Crippen molar-refractivity contribution in [2.75, 3.05) is 20.1 Å². The first-order valence-corrected chi connectivity index (χ1v) is 10.7. The number of carbonyl (C=O) groups excluding carboxylic acids is 1. The van der Waals surface area contributed by atoms with Gasteiger partial charge in [0.2, 0.25) is 0 Å². The molecule has 2 aromatic rings. The third-order valence-corrected chi connectivity index (χ3v) is 5.03. The zero-order valence-corrected chi connectivity index (χ0v) is 20.8. The lowest BCUT2D eigenvalue weighted by atomic mass is 10.1. The summed E-state index contributed by atoms with van der Waals surface area (Å²) >= 11 is 1.66. The second-order valence-electron chi connectivity index (χ2n) is 6.69. The van der Waals surface area contributed by atoms with Crippen molar-refractivity contribution in [3.05, 3.63) is 51.5 Å². The van der Waals surface area contributed by atoms with Crippen LogP contribution >= 0.6 is 35.3 Å². The molecule has 8 heteroatoms. The van der Waals surface area contributed by atoms with Crippen LogP contribution in [0.1, 0.15) is 53.3 Å². The predicted molar refractivity (Wildman–Crippen MR) is 132 cm³/mol. The normalized spacial score (nSPS) is 11.0. The van der Waals surface area contributed by atoms with Gasteiger partial charge in [-0.25, -0.2) is 9.98 Å². The van der Waals surface area contributed by atoms with Gasteiger partial charge in [-0.1, -0.05) is 25.5 Å². The molecule has 160 valence electrons. The molecule has 0 aliphatic rings. The van der Waals surface area contributed by atoms with Crippen molar-refractivity contribution in [3.8, 4) is 0 Å². The second-order valence-corrected chi connectivity index (χ2v) is 7.75. The van der Waals surface area contributed by atoms with Crippen molar-refractivity contribution < 1.29 is 4.79 Å². The number of nitrogens with zero attached hydrogens (tertiary/aromatic N) is 3. The number of amides is 1. The molecule has 1 aromatic carbocycles. The number of benzene rings is 1. The molecule has 1 amide bonds. The Balaban J connectivity index is 0.00000420. The van der Waals surface area contributed by atoms with Crippen LogP contribution in [0, 0.1) is 6.92 Å². The molecule has 0 unspecified atom stereocenters.